The predicted molar refractivity (Wildman–Crippen MR) is 69.2 cm³/mol. The average Bonchev–Trinajstić information content (AvgIpc) is 2.17. The minimum absolute atomic E-state index is 0.724. The summed E-state index contributed by atoms with van der Waals surface area (Å²) >= 11 is 14.3. The van der Waals surface area contributed by atoms with Crippen LogP contribution in [0.5, 0.6) is 0 Å². The first-order valence-electron chi connectivity index (χ1n) is 4.00. The zero-order chi connectivity index (χ0) is 10.3. The van der Waals surface area contributed by atoms with Crippen LogP contribution in [0.4, 0.5) is 0 Å². The van der Waals surface area contributed by atoms with Gasteiger partial charge < -0.3 is 0 Å². The van der Waals surface area contributed by atoms with Crippen molar-refractivity contribution in [3.63, 3.8) is 0 Å². The molecule has 2 aromatic rings. The van der Waals surface area contributed by atoms with E-state index < -0.39 is 0 Å². The highest BCUT2D eigenvalue weighted by Gasteiger charge is 2.08. The minimum atomic E-state index is 0.724. The standard InChI is InChI=1S/C10H6Cl2IN/c1-5-7(11)3-2-6-9(12)8(13)4-14-10(5)6/h2-4H,1H3. The van der Waals surface area contributed by atoms with Crippen molar-refractivity contribution in [2.75, 3.05) is 0 Å². The molecular formula is C10H6Cl2IN. The highest BCUT2D eigenvalue weighted by Crippen LogP contribution is 2.31. The second-order valence-electron chi connectivity index (χ2n) is 2.99. The fourth-order valence-electron chi connectivity index (χ4n) is 1.33. The molecule has 0 spiro atoms. The van der Waals surface area contributed by atoms with E-state index in [1.54, 1.807) is 6.20 Å². The van der Waals surface area contributed by atoms with Gasteiger partial charge in [0, 0.05) is 16.6 Å². The normalized spacial score (nSPS) is 10.9. The Hall–Kier alpha value is -0.0600. The van der Waals surface area contributed by atoms with Crippen molar-refractivity contribution in [3.8, 4) is 0 Å². The van der Waals surface area contributed by atoms with Gasteiger partial charge >= 0.3 is 0 Å². The molecular weight excluding hydrogens is 332 g/mol. The molecule has 2 rings (SSSR count). The molecule has 4 heteroatoms. The second kappa shape index (κ2) is 3.83. The first-order chi connectivity index (χ1) is 6.61. The van der Waals surface area contributed by atoms with Gasteiger partial charge in [-0.05, 0) is 47.2 Å². The van der Waals surface area contributed by atoms with Crippen LogP contribution in [0.2, 0.25) is 10.0 Å². The highest BCUT2D eigenvalue weighted by atomic mass is 127. The number of pyridine rings is 1. The maximum atomic E-state index is 6.16. The third-order valence-corrected chi connectivity index (χ3v) is 4.07. The summed E-state index contributed by atoms with van der Waals surface area (Å²) in [6.45, 7) is 1.95. The number of aromatic nitrogens is 1. The lowest BCUT2D eigenvalue weighted by Gasteiger charge is -2.05. The van der Waals surface area contributed by atoms with Crippen LogP contribution in [0.3, 0.4) is 0 Å². The molecule has 0 aliphatic carbocycles. The zero-order valence-corrected chi connectivity index (χ0v) is 11.0. The van der Waals surface area contributed by atoms with Crippen molar-refractivity contribution < 1.29 is 0 Å². The number of hydrogen-bond acceptors (Lipinski definition) is 1. The predicted octanol–water partition coefficient (Wildman–Crippen LogP) is 4.45. The Bertz CT molecular complexity index is 464. The number of aryl methyl sites for hydroxylation is 1. The molecule has 0 saturated heterocycles. The molecule has 0 aliphatic rings. The summed E-state index contributed by atoms with van der Waals surface area (Å²) in [5.41, 5.74) is 1.85. The fourth-order valence-corrected chi connectivity index (χ4v) is 2.11. The molecule has 0 unspecified atom stereocenters. The number of rotatable bonds is 0. The Morgan fingerprint density at radius 3 is 2.71 bits per heavy atom. The van der Waals surface area contributed by atoms with E-state index in [2.05, 4.69) is 27.6 Å². The molecule has 14 heavy (non-hydrogen) atoms. The van der Waals surface area contributed by atoms with Crippen LogP contribution in [0.25, 0.3) is 10.9 Å². The fraction of sp³-hybridized carbons (Fsp3) is 0.100. The largest absolute Gasteiger partial charge is 0.255 e. The first kappa shape index (κ1) is 10.5. The maximum Gasteiger partial charge on any atom is 0.0761 e. The van der Waals surface area contributed by atoms with E-state index in [0.717, 1.165) is 30.1 Å². The Morgan fingerprint density at radius 1 is 1.29 bits per heavy atom. The van der Waals surface area contributed by atoms with Crippen LogP contribution in [-0.4, -0.2) is 4.98 Å². The van der Waals surface area contributed by atoms with Gasteiger partial charge in [-0.25, -0.2) is 0 Å². The van der Waals surface area contributed by atoms with Gasteiger partial charge in [0.25, 0.3) is 0 Å². The van der Waals surface area contributed by atoms with Crippen molar-refractivity contribution in [1.29, 1.82) is 0 Å². The molecule has 1 heterocycles. The summed E-state index contributed by atoms with van der Waals surface area (Å²) in [7, 11) is 0. The van der Waals surface area contributed by atoms with Gasteiger partial charge in [0.05, 0.1) is 14.1 Å². The van der Waals surface area contributed by atoms with Crippen molar-refractivity contribution >= 4 is 56.7 Å². The monoisotopic (exact) mass is 337 g/mol. The number of hydrogen-bond donors (Lipinski definition) is 0. The lowest BCUT2D eigenvalue weighted by Crippen LogP contribution is -1.87. The Kier molecular flexibility index (Phi) is 2.86. The second-order valence-corrected chi connectivity index (χ2v) is 4.94. The molecule has 0 N–H and O–H groups in total. The van der Waals surface area contributed by atoms with Gasteiger partial charge in [-0.3, -0.25) is 4.98 Å². The SMILES string of the molecule is Cc1c(Cl)ccc2c(Cl)c(I)cnc12. The molecule has 0 radical (unpaired) electrons. The van der Waals surface area contributed by atoms with Gasteiger partial charge in [0.1, 0.15) is 0 Å². The summed E-state index contributed by atoms with van der Waals surface area (Å²) in [5, 5.41) is 2.43. The summed E-state index contributed by atoms with van der Waals surface area (Å²) in [6, 6.07) is 3.75. The molecule has 1 aromatic carbocycles. The highest BCUT2D eigenvalue weighted by molar-refractivity contribution is 14.1. The van der Waals surface area contributed by atoms with E-state index in [1.165, 1.54) is 0 Å². The van der Waals surface area contributed by atoms with Crippen LogP contribution >= 0.6 is 45.8 Å². The van der Waals surface area contributed by atoms with Gasteiger partial charge in [-0.1, -0.05) is 23.2 Å². The number of benzene rings is 1. The van der Waals surface area contributed by atoms with E-state index in [1.807, 2.05) is 19.1 Å². The van der Waals surface area contributed by atoms with Crippen molar-refractivity contribution in [2.45, 2.75) is 6.92 Å². The lowest BCUT2D eigenvalue weighted by atomic mass is 10.1. The molecule has 1 aromatic heterocycles. The molecule has 0 amide bonds. The van der Waals surface area contributed by atoms with Crippen LogP contribution in [-0.2, 0) is 0 Å². The van der Waals surface area contributed by atoms with Crippen LogP contribution < -0.4 is 0 Å². The Labute approximate surface area is 106 Å². The van der Waals surface area contributed by atoms with Gasteiger partial charge in [-0.2, -0.15) is 0 Å². The van der Waals surface area contributed by atoms with Gasteiger partial charge in [0.15, 0.2) is 0 Å². The summed E-state index contributed by atoms with van der Waals surface area (Å²) in [5.74, 6) is 0. The summed E-state index contributed by atoms with van der Waals surface area (Å²) < 4.78 is 0.957. The lowest BCUT2D eigenvalue weighted by molar-refractivity contribution is 1.35. The maximum absolute atomic E-state index is 6.16. The number of fused-ring (bicyclic) bond motifs is 1. The van der Waals surface area contributed by atoms with E-state index in [-0.39, 0.29) is 0 Å². The molecule has 0 saturated carbocycles. The Morgan fingerprint density at radius 2 is 2.00 bits per heavy atom. The third kappa shape index (κ3) is 1.59. The molecule has 0 fully saturated rings. The molecule has 72 valence electrons. The number of halogens is 3. The quantitative estimate of drug-likeness (QED) is 0.647. The van der Waals surface area contributed by atoms with E-state index >= 15 is 0 Å². The van der Waals surface area contributed by atoms with E-state index in [4.69, 9.17) is 23.2 Å². The smallest absolute Gasteiger partial charge is 0.0761 e. The van der Waals surface area contributed by atoms with E-state index in [9.17, 15) is 0 Å². The van der Waals surface area contributed by atoms with E-state index in [0.29, 0.717) is 0 Å². The number of nitrogens with zero attached hydrogens (tertiary/aromatic N) is 1. The van der Waals surface area contributed by atoms with Crippen LogP contribution in [0, 0.1) is 10.5 Å². The molecule has 0 atom stereocenters. The van der Waals surface area contributed by atoms with Crippen molar-refractivity contribution in [2.24, 2.45) is 0 Å². The molecule has 0 bridgehead atoms. The van der Waals surface area contributed by atoms with Crippen LogP contribution in [0.15, 0.2) is 18.3 Å². The first-order valence-corrected chi connectivity index (χ1v) is 5.83. The van der Waals surface area contributed by atoms with Crippen molar-refractivity contribution in [1.82, 2.24) is 4.98 Å². The minimum Gasteiger partial charge on any atom is -0.255 e. The van der Waals surface area contributed by atoms with Crippen molar-refractivity contribution in [3.05, 3.63) is 37.5 Å². The molecule has 0 aliphatic heterocycles. The third-order valence-electron chi connectivity index (χ3n) is 2.12. The summed E-state index contributed by atoms with van der Waals surface area (Å²) in [6.07, 6.45) is 1.76. The zero-order valence-electron chi connectivity index (χ0n) is 7.31. The molecule has 1 nitrogen and oxygen atoms in total. The van der Waals surface area contributed by atoms with Gasteiger partial charge in [-0.15, -0.1) is 0 Å². The Balaban J connectivity index is 2.94. The average molecular weight is 338 g/mol. The van der Waals surface area contributed by atoms with Gasteiger partial charge in [0.2, 0.25) is 0 Å². The summed E-state index contributed by atoms with van der Waals surface area (Å²) in [4.78, 5) is 4.33. The van der Waals surface area contributed by atoms with Crippen LogP contribution in [0.1, 0.15) is 5.56 Å². The topological polar surface area (TPSA) is 12.9 Å².